The minimum atomic E-state index is -3.47. The number of amides is 1. The summed E-state index contributed by atoms with van der Waals surface area (Å²) in [7, 11) is -3.47. The van der Waals surface area contributed by atoms with Gasteiger partial charge in [-0.1, -0.05) is 29.8 Å². The molecule has 5 nitrogen and oxygen atoms in total. The van der Waals surface area contributed by atoms with Gasteiger partial charge in [0.15, 0.2) is 0 Å². The highest BCUT2D eigenvalue weighted by Crippen LogP contribution is 2.50. The molecule has 1 saturated carbocycles. The Labute approximate surface area is 168 Å². The van der Waals surface area contributed by atoms with Crippen LogP contribution in [0.25, 0.3) is 0 Å². The van der Waals surface area contributed by atoms with Crippen molar-refractivity contribution in [2.45, 2.75) is 41.3 Å². The second kappa shape index (κ2) is 7.20. The molecule has 1 aromatic carbocycles. The maximum Gasteiger partial charge on any atom is 0.250 e. The fourth-order valence-corrected chi connectivity index (χ4v) is 6.24. The lowest BCUT2D eigenvalue weighted by molar-refractivity contribution is -0.135. The quantitative estimate of drug-likeness (QED) is 0.799. The molecule has 2 aliphatic rings. The number of sulfonamides is 1. The van der Waals surface area contributed by atoms with Gasteiger partial charge < -0.3 is 4.90 Å². The lowest BCUT2D eigenvalue weighted by Gasteiger charge is -2.34. The van der Waals surface area contributed by atoms with Crippen LogP contribution in [0, 0.1) is 0 Å². The zero-order valence-corrected chi connectivity index (χ0v) is 17.1. The third kappa shape index (κ3) is 3.78. The summed E-state index contributed by atoms with van der Waals surface area (Å²) < 4.78 is 27.8. The summed E-state index contributed by atoms with van der Waals surface area (Å²) in [5.41, 5.74) is 0.550. The van der Waals surface area contributed by atoms with Gasteiger partial charge in [-0.25, -0.2) is 13.1 Å². The van der Waals surface area contributed by atoms with E-state index in [4.69, 9.17) is 11.6 Å². The van der Waals surface area contributed by atoms with E-state index >= 15 is 0 Å². The number of halogens is 1. The molecule has 144 valence electrons. The van der Waals surface area contributed by atoms with Crippen molar-refractivity contribution in [2.24, 2.45) is 0 Å². The highest BCUT2D eigenvalue weighted by molar-refractivity contribution is 7.91. The molecule has 27 heavy (non-hydrogen) atoms. The standard InChI is InChI=1S/C19H21ClN2O3S2/c20-15-4-1-3-14(13-15)19(8-9-19)18(23)22-10-6-16(7-11-22)21-27(24,25)17-5-2-12-26-17/h1-5,12-13,16,21H,6-11H2. The Kier molecular flexibility index (Phi) is 5.05. The number of thiophene rings is 1. The highest BCUT2D eigenvalue weighted by Gasteiger charge is 2.53. The van der Waals surface area contributed by atoms with Crippen molar-refractivity contribution in [1.29, 1.82) is 0 Å². The summed E-state index contributed by atoms with van der Waals surface area (Å²) in [5, 5.41) is 2.40. The van der Waals surface area contributed by atoms with Crippen LogP contribution in [0.15, 0.2) is 46.0 Å². The van der Waals surface area contributed by atoms with Crippen LogP contribution in [0.2, 0.25) is 5.02 Å². The summed E-state index contributed by atoms with van der Waals surface area (Å²) in [5.74, 6) is 0.143. The minimum absolute atomic E-state index is 0.137. The number of hydrogen-bond donors (Lipinski definition) is 1. The van der Waals surface area contributed by atoms with Gasteiger partial charge in [0, 0.05) is 24.2 Å². The van der Waals surface area contributed by atoms with Crippen molar-refractivity contribution in [1.82, 2.24) is 9.62 Å². The van der Waals surface area contributed by atoms with Gasteiger partial charge in [0.1, 0.15) is 4.21 Å². The zero-order valence-electron chi connectivity index (χ0n) is 14.7. The number of piperidine rings is 1. The van der Waals surface area contributed by atoms with E-state index in [1.807, 2.05) is 29.2 Å². The number of nitrogens with one attached hydrogen (secondary N) is 1. The molecule has 2 aromatic rings. The Hall–Kier alpha value is -1.41. The number of likely N-dealkylation sites (tertiary alicyclic amines) is 1. The first-order valence-electron chi connectivity index (χ1n) is 9.02. The predicted molar refractivity (Wildman–Crippen MR) is 107 cm³/mol. The van der Waals surface area contributed by atoms with Crippen LogP contribution in [-0.2, 0) is 20.2 Å². The molecular formula is C19H21ClN2O3S2. The number of carbonyl (C=O) groups is 1. The molecule has 0 radical (unpaired) electrons. The maximum absolute atomic E-state index is 13.1. The highest BCUT2D eigenvalue weighted by atomic mass is 35.5. The number of nitrogens with zero attached hydrogens (tertiary/aromatic N) is 1. The van der Waals surface area contributed by atoms with Crippen molar-refractivity contribution < 1.29 is 13.2 Å². The molecular weight excluding hydrogens is 404 g/mol. The van der Waals surface area contributed by atoms with Gasteiger partial charge in [-0.15, -0.1) is 11.3 Å². The van der Waals surface area contributed by atoms with Crippen molar-refractivity contribution >= 4 is 38.9 Å². The van der Waals surface area contributed by atoms with E-state index in [-0.39, 0.29) is 11.9 Å². The zero-order chi connectivity index (χ0) is 19.1. The van der Waals surface area contributed by atoms with Crippen molar-refractivity contribution in [3.05, 3.63) is 52.4 Å². The molecule has 2 heterocycles. The lowest BCUT2D eigenvalue weighted by atomic mass is 9.93. The van der Waals surface area contributed by atoms with Crippen LogP contribution in [-0.4, -0.2) is 38.4 Å². The first-order chi connectivity index (χ1) is 12.9. The third-order valence-corrected chi connectivity index (χ3v) is 8.55. The second-order valence-electron chi connectivity index (χ2n) is 7.21. The predicted octanol–water partition coefficient (Wildman–Crippen LogP) is 3.40. The number of rotatable bonds is 5. The fraction of sp³-hybridized carbons (Fsp3) is 0.421. The number of carbonyl (C=O) groups excluding carboxylic acids is 1. The average Bonchev–Trinajstić information content (AvgIpc) is 3.26. The molecule has 2 fully saturated rings. The maximum atomic E-state index is 13.1. The molecule has 4 rings (SSSR count). The Morgan fingerprint density at radius 3 is 2.52 bits per heavy atom. The Morgan fingerprint density at radius 1 is 1.19 bits per heavy atom. The largest absolute Gasteiger partial charge is 0.342 e. The van der Waals surface area contributed by atoms with Gasteiger partial charge in [0.2, 0.25) is 15.9 Å². The molecule has 0 bridgehead atoms. The van der Waals surface area contributed by atoms with E-state index < -0.39 is 15.4 Å². The average molecular weight is 425 g/mol. The number of hydrogen-bond acceptors (Lipinski definition) is 4. The topological polar surface area (TPSA) is 66.5 Å². The summed E-state index contributed by atoms with van der Waals surface area (Å²) in [4.78, 5) is 15.0. The molecule has 1 amide bonds. The summed E-state index contributed by atoms with van der Waals surface area (Å²) in [6.45, 7) is 1.14. The van der Waals surface area contributed by atoms with Gasteiger partial charge >= 0.3 is 0 Å². The molecule has 1 saturated heterocycles. The molecule has 1 aliphatic carbocycles. The van der Waals surface area contributed by atoms with Gasteiger partial charge in [0.25, 0.3) is 0 Å². The van der Waals surface area contributed by atoms with Crippen LogP contribution in [0.4, 0.5) is 0 Å². The van der Waals surface area contributed by atoms with Gasteiger partial charge in [-0.05, 0) is 54.8 Å². The van der Waals surface area contributed by atoms with Crippen LogP contribution < -0.4 is 4.72 Å². The van der Waals surface area contributed by atoms with Crippen molar-refractivity contribution in [3.63, 3.8) is 0 Å². The molecule has 0 spiro atoms. The first-order valence-corrected chi connectivity index (χ1v) is 11.8. The number of benzene rings is 1. The molecule has 1 N–H and O–H groups in total. The summed E-state index contributed by atoms with van der Waals surface area (Å²) in [6, 6.07) is 10.8. The van der Waals surface area contributed by atoms with E-state index in [9.17, 15) is 13.2 Å². The Balaban J connectivity index is 1.39. The van der Waals surface area contributed by atoms with Gasteiger partial charge in [-0.3, -0.25) is 4.79 Å². The normalized spacial score (nSPS) is 19.8. The molecule has 1 aromatic heterocycles. The molecule has 0 unspecified atom stereocenters. The lowest BCUT2D eigenvalue weighted by Crippen LogP contribution is -2.49. The molecule has 1 aliphatic heterocycles. The minimum Gasteiger partial charge on any atom is -0.342 e. The fourth-order valence-electron chi connectivity index (χ4n) is 3.73. The summed E-state index contributed by atoms with van der Waals surface area (Å²) in [6.07, 6.45) is 2.94. The van der Waals surface area contributed by atoms with Gasteiger partial charge in [-0.2, -0.15) is 0 Å². The van der Waals surface area contributed by atoms with Crippen molar-refractivity contribution in [2.75, 3.05) is 13.1 Å². The summed E-state index contributed by atoms with van der Waals surface area (Å²) >= 11 is 7.31. The monoisotopic (exact) mass is 424 g/mol. The Bertz CT molecular complexity index is 932. The molecule has 8 heteroatoms. The van der Waals surface area contributed by atoms with E-state index in [0.717, 1.165) is 18.4 Å². The molecule has 0 atom stereocenters. The van der Waals surface area contributed by atoms with E-state index in [2.05, 4.69) is 4.72 Å². The van der Waals surface area contributed by atoms with Crippen LogP contribution in [0.5, 0.6) is 0 Å². The van der Waals surface area contributed by atoms with E-state index in [0.29, 0.717) is 35.2 Å². The van der Waals surface area contributed by atoms with Crippen molar-refractivity contribution in [3.8, 4) is 0 Å². The smallest absolute Gasteiger partial charge is 0.250 e. The van der Waals surface area contributed by atoms with Gasteiger partial charge in [0.05, 0.1) is 5.41 Å². The second-order valence-corrected chi connectivity index (χ2v) is 10.5. The SMILES string of the molecule is O=C(N1CCC(NS(=O)(=O)c2cccs2)CC1)C1(c2cccc(Cl)c2)CC1. The third-order valence-electron chi connectivity index (χ3n) is 5.40. The van der Waals surface area contributed by atoms with Crippen LogP contribution in [0.1, 0.15) is 31.2 Å². The first kappa shape index (κ1) is 18.9. The van der Waals surface area contributed by atoms with E-state index in [1.165, 1.54) is 11.3 Å². The van der Waals surface area contributed by atoms with Crippen LogP contribution in [0.3, 0.4) is 0 Å². The van der Waals surface area contributed by atoms with E-state index in [1.54, 1.807) is 17.5 Å². The van der Waals surface area contributed by atoms with Crippen LogP contribution >= 0.6 is 22.9 Å². The Morgan fingerprint density at radius 2 is 1.93 bits per heavy atom.